The molecule has 0 radical (unpaired) electrons. The van der Waals surface area contributed by atoms with Gasteiger partial charge in [-0.1, -0.05) is 24.3 Å². The quantitative estimate of drug-likeness (QED) is 0.440. The second-order valence-corrected chi connectivity index (χ2v) is 8.30. The zero-order valence-corrected chi connectivity index (χ0v) is 16.2. The van der Waals surface area contributed by atoms with E-state index < -0.39 is 0 Å². The van der Waals surface area contributed by atoms with Gasteiger partial charge >= 0.3 is 0 Å². The number of benzene rings is 2. The van der Waals surface area contributed by atoms with Crippen LogP contribution in [-0.4, -0.2) is 10.9 Å². The van der Waals surface area contributed by atoms with E-state index in [4.69, 9.17) is 17.0 Å². The summed E-state index contributed by atoms with van der Waals surface area (Å²) in [6.45, 7) is 2.18. The van der Waals surface area contributed by atoms with Crippen LogP contribution < -0.4 is 10.1 Å². The van der Waals surface area contributed by atoms with Crippen LogP contribution >= 0.6 is 32.9 Å². The minimum absolute atomic E-state index is 0.137. The van der Waals surface area contributed by atoms with Crippen LogP contribution in [0.5, 0.6) is 5.75 Å². The third kappa shape index (κ3) is 4.94. The summed E-state index contributed by atoms with van der Waals surface area (Å²) in [6, 6.07) is 13.5. The van der Waals surface area contributed by atoms with Crippen molar-refractivity contribution in [1.29, 1.82) is 0 Å². The van der Waals surface area contributed by atoms with Crippen LogP contribution in [0.1, 0.15) is 24.0 Å². The van der Waals surface area contributed by atoms with Gasteiger partial charge in [-0.3, -0.25) is 4.79 Å². The molecule has 0 spiro atoms. The molecule has 0 saturated heterocycles. The first-order valence-electron chi connectivity index (χ1n) is 7.76. The third-order valence-electron chi connectivity index (χ3n) is 3.71. The van der Waals surface area contributed by atoms with Crippen molar-refractivity contribution in [2.75, 3.05) is 5.32 Å². The zero-order chi connectivity index (χ0) is 18.5. The van der Waals surface area contributed by atoms with Crippen LogP contribution in [0.3, 0.4) is 0 Å². The predicted octanol–water partition coefficient (Wildman–Crippen LogP) is 5.39. The summed E-state index contributed by atoms with van der Waals surface area (Å²) in [5.41, 5.74) is 1.75. The van der Waals surface area contributed by atoms with Gasteiger partial charge in [-0.25, -0.2) is 4.39 Å². The summed E-state index contributed by atoms with van der Waals surface area (Å²) in [5.74, 6) is -0.0546. The molecule has 0 bridgehead atoms. The molecule has 26 heavy (non-hydrogen) atoms. The lowest BCUT2D eigenvalue weighted by Gasteiger charge is -2.12. The van der Waals surface area contributed by atoms with Gasteiger partial charge in [0.2, 0.25) is 11.0 Å². The van der Waals surface area contributed by atoms with Crippen molar-refractivity contribution in [3.05, 3.63) is 69.4 Å². The highest BCUT2D eigenvalue weighted by atomic mass is 32.9. The van der Waals surface area contributed by atoms with Crippen LogP contribution in [0, 0.1) is 9.77 Å². The number of nitrogens with zero attached hydrogens (tertiary/aromatic N) is 1. The Kier molecular flexibility index (Phi) is 6.08. The minimum atomic E-state index is -0.330. The number of aromatic nitrogens is 1. The Labute approximate surface area is 162 Å². The molecule has 1 aromatic heterocycles. The molecule has 1 atom stereocenters. The van der Waals surface area contributed by atoms with Gasteiger partial charge in [0.1, 0.15) is 18.2 Å². The highest BCUT2D eigenvalue weighted by Crippen LogP contribution is 2.24. The molecule has 1 amide bonds. The average Bonchev–Trinajstić information content (AvgIpc) is 3.06. The maximum atomic E-state index is 12.9. The van der Waals surface area contributed by atoms with Crippen molar-refractivity contribution in [3.63, 3.8) is 0 Å². The van der Waals surface area contributed by atoms with Crippen LogP contribution in [0.15, 0.2) is 48.5 Å². The van der Waals surface area contributed by atoms with E-state index in [-0.39, 0.29) is 17.6 Å². The molecule has 4 nitrogen and oxygen atoms in total. The van der Waals surface area contributed by atoms with Gasteiger partial charge in [0.05, 0.1) is 5.92 Å². The number of halogens is 1. The van der Waals surface area contributed by atoms with Gasteiger partial charge in [-0.15, -0.1) is 0 Å². The fourth-order valence-corrected chi connectivity index (χ4v) is 4.07. The molecule has 0 aliphatic rings. The van der Waals surface area contributed by atoms with E-state index in [0.717, 1.165) is 11.1 Å². The summed E-state index contributed by atoms with van der Waals surface area (Å²) in [6.07, 6.45) is 0. The molecule has 1 N–H and O–H groups in total. The van der Waals surface area contributed by atoms with Crippen molar-refractivity contribution >= 4 is 43.9 Å². The molecule has 1 heterocycles. The molecular weight excluding hydrogens is 391 g/mol. The normalized spacial score (nSPS) is 11.8. The Bertz CT molecular complexity index is 936. The molecular formula is C18H15FN2O2S3. The molecule has 0 aliphatic heterocycles. The number of hydrogen-bond acceptors (Lipinski definition) is 6. The van der Waals surface area contributed by atoms with E-state index in [1.807, 2.05) is 31.2 Å². The van der Waals surface area contributed by atoms with Gasteiger partial charge in [0.15, 0.2) is 3.95 Å². The SMILES string of the molecule is CC(C(=O)Nc1nc(=S)ss1)c1ccc(OCc2ccc(F)cc2)cc1. The lowest BCUT2D eigenvalue weighted by molar-refractivity contribution is -0.117. The van der Waals surface area contributed by atoms with Gasteiger partial charge in [-0.2, -0.15) is 4.98 Å². The zero-order valence-electron chi connectivity index (χ0n) is 13.8. The maximum absolute atomic E-state index is 12.9. The highest BCUT2D eigenvalue weighted by Gasteiger charge is 2.16. The number of amides is 1. The van der Waals surface area contributed by atoms with E-state index in [2.05, 4.69) is 10.3 Å². The number of nitrogens with one attached hydrogen (secondary N) is 1. The van der Waals surface area contributed by atoms with E-state index in [0.29, 0.717) is 21.4 Å². The first kappa shape index (κ1) is 18.6. The smallest absolute Gasteiger partial charge is 0.233 e. The van der Waals surface area contributed by atoms with Crippen molar-refractivity contribution in [1.82, 2.24) is 4.98 Å². The predicted molar refractivity (Wildman–Crippen MR) is 105 cm³/mol. The summed E-state index contributed by atoms with van der Waals surface area (Å²) >= 11 is 4.96. The standard InChI is InChI=1S/C18H15FN2O2S3/c1-11(16(22)20-17-21-18(24)26-25-17)13-4-8-15(9-5-13)23-10-12-2-6-14(19)7-3-12/h2-9,11H,10H2,1H3,(H,20,21,22,24). The van der Waals surface area contributed by atoms with Crippen LogP contribution in [0.25, 0.3) is 0 Å². The van der Waals surface area contributed by atoms with Crippen molar-refractivity contribution in [3.8, 4) is 5.75 Å². The Balaban J connectivity index is 1.58. The number of ether oxygens (including phenoxy) is 1. The monoisotopic (exact) mass is 406 g/mol. The highest BCUT2D eigenvalue weighted by molar-refractivity contribution is 7.79. The first-order valence-corrected chi connectivity index (χ1v) is 10.3. The van der Waals surface area contributed by atoms with E-state index in [9.17, 15) is 9.18 Å². The summed E-state index contributed by atoms with van der Waals surface area (Å²) < 4.78 is 19.1. The van der Waals surface area contributed by atoms with Gasteiger partial charge in [0.25, 0.3) is 0 Å². The van der Waals surface area contributed by atoms with Crippen molar-refractivity contribution in [2.24, 2.45) is 0 Å². The Morgan fingerprint density at radius 2 is 1.88 bits per heavy atom. The molecule has 0 saturated carbocycles. The second kappa shape index (κ2) is 8.48. The molecule has 3 aromatic rings. The summed E-state index contributed by atoms with van der Waals surface area (Å²) in [5, 5.41) is 3.30. The fraction of sp³-hybridized carbons (Fsp3) is 0.167. The molecule has 134 valence electrons. The van der Waals surface area contributed by atoms with E-state index >= 15 is 0 Å². The number of carbonyl (C=O) groups is 1. The van der Waals surface area contributed by atoms with E-state index in [1.165, 1.54) is 32.8 Å². The number of carbonyl (C=O) groups excluding carboxylic acids is 1. The van der Waals surface area contributed by atoms with Crippen molar-refractivity contribution < 1.29 is 13.9 Å². The fourth-order valence-electron chi connectivity index (χ4n) is 2.21. The molecule has 0 aliphatic carbocycles. The average molecular weight is 407 g/mol. The lowest BCUT2D eigenvalue weighted by Crippen LogP contribution is -2.18. The molecule has 2 aromatic carbocycles. The Hall–Kier alpha value is -2.16. The van der Waals surface area contributed by atoms with Gasteiger partial charge in [-0.05, 0) is 75.2 Å². The van der Waals surface area contributed by atoms with Crippen LogP contribution in [0.4, 0.5) is 9.52 Å². The number of rotatable bonds is 6. The van der Waals surface area contributed by atoms with Crippen molar-refractivity contribution in [2.45, 2.75) is 19.4 Å². The molecule has 8 heteroatoms. The molecule has 3 rings (SSSR count). The minimum Gasteiger partial charge on any atom is -0.489 e. The summed E-state index contributed by atoms with van der Waals surface area (Å²) in [4.78, 5) is 16.4. The lowest BCUT2D eigenvalue weighted by atomic mass is 10.0. The Morgan fingerprint density at radius 3 is 2.50 bits per heavy atom. The number of anilines is 1. The largest absolute Gasteiger partial charge is 0.489 e. The Morgan fingerprint density at radius 1 is 1.19 bits per heavy atom. The topological polar surface area (TPSA) is 51.2 Å². The first-order chi connectivity index (χ1) is 12.5. The molecule has 1 unspecified atom stereocenters. The maximum Gasteiger partial charge on any atom is 0.233 e. The third-order valence-corrected chi connectivity index (χ3v) is 6.23. The van der Waals surface area contributed by atoms with Crippen LogP contribution in [-0.2, 0) is 11.4 Å². The van der Waals surface area contributed by atoms with Gasteiger partial charge in [0, 0.05) is 0 Å². The summed E-state index contributed by atoms with van der Waals surface area (Å²) in [7, 11) is 2.70. The molecule has 0 fully saturated rings. The van der Waals surface area contributed by atoms with Gasteiger partial charge < -0.3 is 10.1 Å². The van der Waals surface area contributed by atoms with E-state index in [1.54, 1.807) is 12.1 Å². The van der Waals surface area contributed by atoms with Crippen LogP contribution in [0.2, 0.25) is 0 Å². The number of hydrogen-bond donors (Lipinski definition) is 1. The second-order valence-electron chi connectivity index (χ2n) is 5.54.